The Bertz CT molecular complexity index is 331. The summed E-state index contributed by atoms with van der Waals surface area (Å²) >= 11 is 0. The minimum atomic E-state index is 0.508. The molecular formula is C12H13N. The van der Waals surface area contributed by atoms with Crippen LogP contribution in [0, 0.1) is 11.3 Å². The second-order valence-electron chi connectivity index (χ2n) is 2.88. The Morgan fingerprint density at radius 1 is 1.31 bits per heavy atom. The number of rotatable bonds is 3. The van der Waals surface area contributed by atoms with E-state index in [1.165, 1.54) is 5.56 Å². The predicted octanol–water partition coefficient (Wildman–Crippen LogP) is 2.87. The molecule has 0 fully saturated rings. The fraction of sp³-hybridized carbons (Fsp3) is 0.250. The normalized spacial score (nSPS) is 10.2. The number of hydrogen-bond acceptors (Lipinski definition) is 1. The van der Waals surface area contributed by atoms with Gasteiger partial charge < -0.3 is 0 Å². The van der Waals surface area contributed by atoms with Crippen molar-refractivity contribution in [2.45, 2.75) is 19.8 Å². The molecule has 0 radical (unpaired) electrons. The first-order chi connectivity index (χ1) is 6.38. The van der Waals surface area contributed by atoms with E-state index in [0.717, 1.165) is 12.0 Å². The molecule has 0 unspecified atom stereocenters. The van der Waals surface area contributed by atoms with Crippen molar-refractivity contribution in [3.63, 3.8) is 0 Å². The summed E-state index contributed by atoms with van der Waals surface area (Å²) in [6, 6.07) is 10.3. The molecule has 1 rings (SSSR count). The monoisotopic (exact) mass is 171 g/mol. The molecule has 0 spiro atoms. The van der Waals surface area contributed by atoms with Gasteiger partial charge in [0.1, 0.15) is 0 Å². The van der Waals surface area contributed by atoms with Gasteiger partial charge in [-0.2, -0.15) is 5.26 Å². The minimum absolute atomic E-state index is 0.508. The van der Waals surface area contributed by atoms with Crippen molar-refractivity contribution in [1.82, 2.24) is 0 Å². The maximum Gasteiger partial charge on any atom is 0.0669 e. The first-order valence-electron chi connectivity index (χ1n) is 4.43. The summed E-state index contributed by atoms with van der Waals surface area (Å²) in [6.45, 7) is 2.01. The zero-order chi connectivity index (χ0) is 9.52. The van der Waals surface area contributed by atoms with Crippen molar-refractivity contribution in [2.24, 2.45) is 0 Å². The topological polar surface area (TPSA) is 23.8 Å². The minimum Gasteiger partial charge on any atom is -0.198 e. The highest BCUT2D eigenvalue weighted by Crippen LogP contribution is 2.10. The molecule has 0 aliphatic heterocycles. The van der Waals surface area contributed by atoms with Crippen molar-refractivity contribution < 1.29 is 0 Å². The van der Waals surface area contributed by atoms with Crippen molar-refractivity contribution in [1.29, 1.82) is 5.26 Å². The summed E-state index contributed by atoms with van der Waals surface area (Å²) in [4.78, 5) is 0. The van der Waals surface area contributed by atoms with E-state index in [1.54, 1.807) is 0 Å². The average Bonchev–Trinajstić information content (AvgIpc) is 2.17. The lowest BCUT2D eigenvalue weighted by Crippen LogP contribution is -1.90. The molecule has 0 aliphatic rings. The molecule has 0 saturated heterocycles. The summed E-state index contributed by atoms with van der Waals surface area (Å²) in [7, 11) is 0. The average molecular weight is 171 g/mol. The first-order valence-corrected chi connectivity index (χ1v) is 4.43. The standard InChI is InChI=1S/C12H13N/c1-2-3-6-11-7-4-5-8-12(11)9-10-13/h2-5,7-8H,6,9H2,1H3/b3-2+. The van der Waals surface area contributed by atoms with E-state index in [2.05, 4.69) is 18.2 Å². The van der Waals surface area contributed by atoms with Gasteiger partial charge in [0.15, 0.2) is 0 Å². The second kappa shape index (κ2) is 5.16. The largest absolute Gasteiger partial charge is 0.198 e. The fourth-order valence-corrected chi connectivity index (χ4v) is 1.26. The lowest BCUT2D eigenvalue weighted by molar-refractivity contribution is 1.15. The van der Waals surface area contributed by atoms with Crippen LogP contribution in [0.4, 0.5) is 0 Å². The molecule has 1 nitrogen and oxygen atoms in total. The molecule has 0 heterocycles. The summed E-state index contributed by atoms with van der Waals surface area (Å²) in [5.41, 5.74) is 2.39. The summed E-state index contributed by atoms with van der Waals surface area (Å²) in [5.74, 6) is 0. The molecule has 0 aliphatic carbocycles. The van der Waals surface area contributed by atoms with Crippen LogP contribution in [0.15, 0.2) is 36.4 Å². The molecular weight excluding hydrogens is 158 g/mol. The van der Waals surface area contributed by atoms with E-state index in [1.807, 2.05) is 31.2 Å². The molecule has 13 heavy (non-hydrogen) atoms. The molecule has 0 N–H and O–H groups in total. The van der Waals surface area contributed by atoms with E-state index >= 15 is 0 Å². The lowest BCUT2D eigenvalue weighted by atomic mass is 10.0. The van der Waals surface area contributed by atoms with Crippen LogP contribution in [0.2, 0.25) is 0 Å². The summed E-state index contributed by atoms with van der Waals surface area (Å²) in [5, 5.41) is 8.60. The third kappa shape index (κ3) is 2.76. The molecule has 1 aromatic carbocycles. The van der Waals surface area contributed by atoms with Gasteiger partial charge in [-0.25, -0.2) is 0 Å². The summed E-state index contributed by atoms with van der Waals surface area (Å²) < 4.78 is 0. The highest BCUT2D eigenvalue weighted by Gasteiger charge is 1.97. The van der Waals surface area contributed by atoms with Crippen LogP contribution in [0.1, 0.15) is 18.1 Å². The molecule has 0 bridgehead atoms. The molecule has 1 aromatic rings. The van der Waals surface area contributed by atoms with Crippen molar-refractivity contribution in [3.8, 4) is 6.07 Å². The first kappa shape index (κ1) is 9.54. The third-order valence-electron chi connectivity index (χ3n) is 1.96. The SMILES string of the molecule is C/C=C/Cc1ccccc1CC#N. The smallest absolute Gasteiger partial charge is 0.0669 e. The van der Waals surface area contributed by atoms with Gasteiger partial charge in [0, 0.05) is 0 Å². The Morgan fingerprint density at radius 3 is 2.62 bits per heavy atom. The quantitative estimate of drug-likeness (QED) is 0.641. The Balaban J connectivity index is 2.85. The van der Waals surface area contributed by atoms with Crippen LogP contribution in [-0.2, 0) is 12.8 Å². The highest BCUT2D eigenvalue weighted by molar-refractivity contribution is 5.30. The van der Waals surface area contributed by atoms with Gasteiger partial charge in [-0.05, 0) is 24.5 Å². The zero-order valence-electron chi connectivity index (χ0n) is 7.83. The van der Waals surface area contributed by atoms with Gasteiger partial charge in [-0.1, -0.05) is 36.4 Å². The number of benzene rings is 1. The molecule has 0 saturated carbocycles. The van der Waals surface area contributed by atoms with E-state index in [4.69, 9.17) is 5.26 Å². The van der Waals surface area contributed by atoms with Crippen molar-refractivity contribution in [2.75, 3.05) is 0 Å². The number of hydrogen-bond donors (Lipinski definition) is 0. The Kier molecular flexibility index (Phi) is 3.78. The van der Waals surface area contributed by atoms with E-state index < -0.39 is 0 Å². The van der Waals surface area contributed by atoms with Crippen LogP contribution in [0.3, 0.4) is 0 Å². The van der Waals surface area contributed by atoms with E-state index in [9.17, 15) is 0 Å². The van der Waals surface area contributed by atoms with E-state index in [-0.39, 0.29) is 0 Å². The maximum atomic E-state index is 8.60. The van der Waals surface area contributed by atoms with Gasteiger partial charge in [0.2, 0.25) is 0 Å². The van der Waals surface area contributed by atoms with Gasteiger partial charge in [-0.3, -0.25) is 0 Å². The van der Waals surface area contributed by atoms with Crippen LogP contribution >= 0.6 is 0 Å². The maximum absolute atomic E-state index is 8.60. The Hall–Kier alpha value is -1.55. The zero-order valence-corrected chi connectivity index (χ0v) is 7.83. The Labute approximate surface area is 79.3 Å². The van der Waals surface area contributed by atoms with Gasteiger partial charge >= 0.3 is 0 Å². The molecule has 0 atom stereocenters. The molecule has 0 amide bonds. The van der Waals surface area contributed by atoms with Crippen molar-refractivity contribution >= 4 is 0 Å². The van der Waals surface area contributed by atoms with Crippen LogP contribution in [0.5, 0.6) is 0 Å². The van der Waals surface area contributed by atoms with E-state index in [0.29, 0.717) is 6.42 Å². The summed E-state index contributed by atoms with van der Waals surface area (Å²) in [6.07, 6.45) is 5.57. The van der Waals surface area contributed by atoms with Gasteiger partial charge in [0.25, 0.3) is 0 Å². The Morgan fingerprint density at radius 2 is 2.00 bits per heavy atom. The van der Waals surface area contributed by atoms with Crippen LogP contribution in [0.25, 0.3) is 0 Å². The van der Waals surface area contributed by atoms with Crippen LogP contribution < -0.4 is 0 Å². The molecule has 1 heteroatoms. The highest BCUT2D eigenvalue weighted by atomic mass is 14.2. The number of nitriles is 1. The van der Waals surface area contributed by atoms with Crippen LogP contribution in [-0.4, -0.2) is 0 Å². The van der Waals surface area contributed by atoms with Gasteiger partial charge in [-0.15, -0.1) is 0 Å². The fourth-order valence-electron chi connectivity index (χ4n) is 1.26. The number of allylic oxidation sites excluding steroid dienone is 2. The lowest BCUT2D eigenvalue weighted by Gasteiger charge is -2.02. The van der Waals surface area contributed by atoms with Crippen molar-refractivity contribution in [3.05, 3.63) is 47.5 Å². The predicted molar refractivity (Wildman–Crippen MR) is 54.3 cm³/mol. The second-order valence-corrected chi connectivity index (χ2v) is 2.88. The molecule has 66 valence electrons. The van der Waals surface area contributed by atoms with Gasteiger partial charge in [0.05, 0.1) is 12.5 Å². The third-order valence-corrected chi connectivity index (χ3v) is 1.96. The molecule has 0 aromatic heterocycles. The number of nitrogens with zero attached hydrogens (tertiary/aromatic N) is 1.